The Balaban J connectivity index is 2.30. The van der Waals surface area contributed by atoms with Gasteiger partial charge < -0.3 is 5.11 Å². The number of rotatable bonds is 3. The second-order valence-corrected chi connectivity index (χ2v) is 4.05. The highest BCUT2D eigenvalue weighted by Crippen LogP contribution is 2.05. The zero-order chi connectivity index (χ0) is 9.68. The van der Waals surface area contributed by atoms with Gasteiger partial charge in [0.05, 0.1) is 6.61 Å². The molecule has 3 nitrogen and oxygen atoms in total. The summed E-state index contributed by atoms with van der Waals surface area (Å²) in [6.45, 7) is 10.2. The molecule has 1 fully saturated rings. The molecular weight excluding hydrogens is 164 g/mol. The van der Waals surface area contributed by atoms with E-state index in [1.165, 1.54) is 13.0 Å². The molecule has 0 aromatic carbocycles. The lowest BCUT2D eigenvalue weighted by Crippen LogP contribution is -2.35. The fraction of sp³-hybridized carbons (Fsp3) is 1.00. The number of nitrogens with zero attached hydrogens (tertiary/aromatic N) is 2. The standard InChI is InChI=1S/C10H22N2O/c1-10(2)12-5-3-4-11(6-7-12)8-9-13/h10,13H,3-9H2,1-2H3. The largest absolute Gasteiger partial charge is 0.395 e. The lowest BCUT2D eigenvalue weighted by atomic mass is 10.3. The van der Waals surface area contributed by atoms with Crippen LogP contribution in [0.15, 0.2) is 0 Å². The van der Waals surface area contributed by atoms with Gasteiger partial charge in [-0.05, 0) is 33.4 Å². The number of aliphatic hydroxyl groups excluding tert-OH is 1. The van der Waals surface area contributed by atoms with Crippen LogP contribution < -0.4 is 0 Å². The molecule has 0 bridgehead atoms. The zero-order valence-corrected chi connectivity index (χ0v) is 8.87. The van der Waals surface area contributed by atoms with Crippen molar-refractivity contribution in [2.45, 2.75) is 26.3 Å². The molecule has 0 aliphatic carbocycles. The van der Waals surface area contributed by atoms with Crippen molar-refractivity contribution in [2.75, 3.05) is 39.3 Å². The Labute approximate surface area is 81.3 Å². The van der Waals surface area contributed by atoms with Crippen LogP contribution >= 0.6 is 0 Å². The Kier molecular flexibility index (Phi) is 4.70. The Bertz CT molecular complexity index is 139. The average molecular weight is 186 g/mol. The number of hydrogen-bond acceptors (Lipinski definition) is 3. The van der Waals surface area contributed by atoms with Gasteiger partial charge in [-0.2, -0.15) is 0 Å². The molecule has 0 atom stereocenters. The molecule has 0 aromatic rings. The van der Waals surface area contributed by atoms with Crippen LogP contribution in [0, 0.1) is 0 Å². The van der Waals surface area contributed by atoms with Gasteiger partial charge in [0.15, 0.2) is 0 Å². The van der Waals surface area contributed by atoms with Gasteiger partial charge in [-0.15, -0.1) is 0 Å². The molecule has 1 saturated heterocycles. The summed E-state index contributed by atoms with van der Waals surface area (Å²) in [4.78, 5) is 4.86. The molecule has 1 aliphatic rings. The molecule has 1 rings (SSSR count). The molecule has 78 valence electrons. The van der Waals surface area contributed by atoms with E-state index in [2.05, 4.69) is 23.6 Å². The number of aliphatic hydroxyl groups is 1. The number of β-amino-alcohol motifs (C(OH)–C–C–N with tert-alkyl or cyclic N) is 1. The minimum absolute atomic E-state index is 0.293. The van der Waals surface area contributed by atoms with Gasteiger partial charge in [-0.3, -0.25) is 9.80 Å². The third-order valence-corrected chi connectivity index (χ3v) is 2.77. The second kappa shape index (κ2) is 5.58. The van der Waals surface area contributed by atoms with Crippen LogP contribution in [-0.2, 0) is 0 Å². The van der Waals surface area contributed by atoms with Crippen LogP contribution in [0.2, 0.25) is 0 Å². The van der Waals surface area contributed by atoms with Crippen molar-refractivity contribution in [3.05, 3.63) is 0 Å². The van der Waals surface area contributed by atoms with Gasteiger partial charge in [0, 0.05) is 25.7 Å². The average Bonchev–Trinajstić information content (AvgIpc) is 2.30. The van der Waals surface area contributed by atoms with Crippen LogP contribution in [0.1, 0.15) is 20.3 Å². The van der Waals surface area contributed by atoms with E-state index in [1.807, 2.05) is 0 Å². The van der Waals surface area contributed by atoms with Crippen LogP contribution in [0.25, 0.3) is 0 Å². The molecule has 3 heteroatoms. The highest BCUT2D eigenvalue weighted by molar-refractivity contribution is 4.71. The summed E-state index contributed by atoms with van der Waals surface area (Å²) in [5, 5.41) is 8.83. The predicted octanol–water partition coefficient (Wildman–Crippen LogP) is 0.395. The third kappa shape index (κ3) is 3.63. The van der Waals surface area contributed by atoms with Crippen molar-refractivity contribution in [3.63, 3.8) is 0 Å². The maximum atomic E-state index is 8.83. The molecular formula is C10H22N2O. The summed E-state index contributed by atoms with van der Waals surface area (Å²) < 4.78 is 0. The fourth-order valence-corrected chi connectivity index (χ4v) is 1.87. The molecule has 0 radical (unpaired) electrons. The van der Waals surface area contributed by atoms with E-state index in [0.29, 0.717) is 12.6 Å². The Hall–Kier alpha value is -0.120. The first-order valence-corrected chi connectivity index (χ1v) is 5.31. The van der Waals surface area contributed by atoms with Gasteiger partial charge >= 0.3 is 0 Å². The molecule has 1 heterocycles. The quantitative estimate of drug-likeness (QED) is 0.691. The number of hydrogen-bond donors (Lipinski definition) is 1. The predicted molar refractivity (Wildman–Crippen MR) is 54.9 cm³/mol. The van der Waals surface area contributed by atoms with E-state index >= 15 is 0 Å². The lowest BCUT2D eigenvalue weighted by Gasteiger charge is -2.24. The second-order valence-electron chi connectivity index (χ2n) is 4.05. The lowest BCUT2D eigenvalue weighted by molar-refractivity contribution is 0.189. The minimum Gasteiger partial charge on any atom is -0.395 e. The SMILES string of the molecule is CC(C)N1CCCN(CCO)CC1. The third-order valence-electron chi connectivity index (χ3n) is 2.77. The summed E-state index contributed by atoms with van der Waals surface area (Å²) in [5.41, 5.74) is 0. The van der Waals surface area contributed by atoms with Gasteiger partial charge in [-0.25, -0.2) is 0 Å². The van der Waals surface area contributed by atoms with Crippen LogP contribution in [0.4, 0.5) is 0 Å². The summed E-state index contributed by atoms with van der Waals surface area (Å²) >= 11 is 0. The maximum absolute atomic E-state index is 8.83. The molecule has 0 saturated carbocycles. The summed E-state index contributed by atoms with van der Waals surface area (Å²) in [7, 11) is 0. The smallest absolute Gasteiger partial charge is 0.0558 e. The molecule has 0 unspecified atom stereocenters. The summed E-state index contributed by atoms with van der Waals surface area (Å²) in [6, 6.07) is 0.661. The van der Waals surface area contributed by atoms with E-state index in [4.69, 9.17) is 5.11 Å². The Morgan fingerprint density at radius 2 is 1.92 bits per heavy atom. The van der Waals surface area contributed by atoms with Crippen molar-refractivity contribution in [1.29, 1.82) is 0 Å². The Morgan fingerprint density at radius 1 is 1.15 bits per heavy atom. The molecule has 0 amide bonds. The van der Waals surface area contributed by atoms with E-state index in [1.54, 1.807) is 0 Å². The highest BCUT2D eigenvalue weighted by Gasteiger charge is 2.15. The van der Waals surface area contributed by atoms with Crippen molar-refractivity contribution in [2.24, 2.45) is 0 Å². The monoisotopic (exact) mass is 186 g/mol. The zero-order valence-electron chi connectivity index (χ0n) is 8.87. The summed E-state index contributed by atoms with van der Waals surface area (Å²) in [5.74, 6) is 0. The highest BCUT2D eigenvalue weighted by atomic mass is 16.3. The van der Waals surface area contributed by atoms with Gasteiger partial charge in [0.2, 0.25) is 0 Å². The molecule has 1 N–H and O–H groups in total. The first-order chi connectivity index (χ1) is 6.24. The van der Waals surface area contributed by atoms with Crippen LogP contribution in [-0.4, -0.2) is 60.3 Å². The van der Waals surface area contributed by atoms with Gasteiger partial charge in [-0.1, -0.05) is 0 Å². The van der Waals surface area contributed by atoms with E-state index in [-0.39, 0.29) is 0 Å². The normalized spacial score (nSPS) is 22.2. The van der Waals surface area contributed by atoms with Crippen molar-refractivity contribution in [1.82, 2.24) is 9.80 Å². The van der Waals surface area contributed by atoms with Crippen LogP contribution in [0.5, 0.6) is 0 Å². The van der Waals surface area contributed by atoms with E-state index in [9.17, 15) is 0 Å². The van der Waals surface area contributed by atoms with Crippen molar-refractivity contribution < 1.29 is 5.11 Å². The van der Waals surface area contributed by atoms with Crippen LogP contribution in [0.3, 0.4) is 0 Å². The topological polar surface area (TPSA) is 26.7 Å². The molecule has 1 aliphatic heterocycles. The van der Waals surface area contributed by atoms with Gasteiger partial charge in [0.25, 0.3) is 0 Å². The van der Waals surface area contributed by atoms with E-state index < -0.39 is 0 Å². The fourth-order valence-electron chi connectivity index (χ4n) is 1.87. The van der Waals surface area contributed by atoms with Gasteiger partial charge in [0.1, 0.15) is 0 Å². The molecule has 13 heavy (non-hydrogen) atoms. The molecule has 0 spiro atoms. The maximum Gasteiger partial charge on any atom is 0.0558 e. The first kappa shape index (κ1) is 11.0. The van der Waals surface area contributed by atoms with Crippen molar-refractivity contribution in [3.8, 4) is 0 Å². The Morgan fingerprint density at radius 3 is 2.54 bits per heavy atom. The summed E-state index contributed by atoms with van der Waals surface area (Å²) in [6.07, 6.45) is 1.23. The minimum atomic E-state index is 0.293. The first-order valence-electron chi connectivity index (χ1n) is 5.31. The molecule has 0 aromatic heterocycles. The van der Waals surface area contributed by atoms with Crippen molar-refractivity contribution >= 4 is 0 Å². The van der Waals surface area contributed by atoms with E-state index in [0.717, 1.165) is 26.2 Å².